The smallest absolute Gasteiger partial charge is 0.187 e. The van der Waals surface area contributed by atoms with Crippen LogP contribution in [0.2, 0.25) is 0 Å². The summed E-state index contributed by atoms with van der Waals surface area (Å²) in [4.78, 5) is 0. The molecule has 0 spiro atoms. The summed E-state index contributed by atoms with van der Waals surface area (Å²) in [6.07, 6.45) is -33.0. The van der Waals surface area contributed by atoms with Gasteiger partial charge in [-0.15, -0.1) is 0 Å². The van der Waals surface area contributed by atoms with Crippen LogP contribution in [0.15, 0.2) is 0 Å². The molecule has 0 amide bonds. The van der Waals surface area contributed by atoms with Gasteiger partial charge in [0.1, 0.15) is 91.6 Å². The standard InChI is InChI=1S/C23H40O20/c24-1-6-10(29)11(30)19(43-21-15(34)9(28)5(27)4-37-21)23(39-6)42-18-8(3-26)40-22(16(35)13(18)32)41-17-7(2-25)38-20(36)14(33)12(17)31/h5-36H,1-4H2/t5-,6-,7-,8-,9+,10-,11+,12-,13-,14-,15-,16-,17+,18-,19-,20?,21+,22+,23+/m1/s1. The molecule has 4 aliphatic rings. The maximum Gasteiger partial charge on any atom is 0.187 e. The highest BCUT2D eigenvalue weighted by Crippen LogP contribution is 2.34. The third kappa shape index (κ3) is 7.13. The molecular formula is C23H40O20. The highest BCUT2D eigenvalue weighted by atomic mass is 16.8. The Morgan fingerprint density at radius 1 is 0.442 bits per heavy atom. The van der Waals surface area contributed by atoms with Gasteiger partial charge in [-0.3, -0.25) is 0 Å². The Morgan fingerprint density at radius 3 is 1.51 bits per heavy atom. The maximum absolute atomic E-state index is 10.9. The molecule has 0 aliphatic carbocycles. The number of aliphatic hydroxyl groups is 13. The summed E-state index contributed by atoms with van der Waals surface area (Å²) in [7, 11) is 0. The summed E-state index contributed by atoms with van der Waals surface area (Å²) < 4.78 is 37.9. The van der Waals surface area contributed by atoms with Crippen molar-refractivity contribution >= 4 is 0 Å². The van der Waals surface area contributed by atoms with Gasteiger partial charge in [-0.25, -0.2) is 0 Å². The lowest BCUT2D eigenvalue weighted by Gasteiger charge is -2.49. The van der Waals surface area contributed by atoms with E-state index >= 15 is 0 Å². The molecule has 0 bridgehead atoms. The van der Waals surface area contributed by atoms with Gasteiger partial charge in [-0.2, -0.15) is 0 Å². The van der Waals surface area contributed by atoms with E-state index in [1.165, 1.54) is 0 Å². The van der Waals surface area contributed by atoms with E-state index in [0.29, 0.717) is 0 Å². The van der Waals surface area contributed by atoms with E-state index in [4.69, 9.17) is 33.2 Å². The molecule has 4 rings (SSSR count). The first kappa shape index (κ1) is 35.1. The van der Waals surface area contributed by atoms with Gasteiger partial charge in [-0.05, 0) is 0 Å². The molecular weight excluding hydrogens is 596 g/mol. The topological polar surface area (TPSA) is 328 Å². The third-order valence-corrected chi connectivity index (χ3v) is 7.81. The minimum Gasteiger partial charge on any atom is -0.394 e. The minimum atomic E-state index is -2.00. The van der Waals surface area contributed by atoms with E-state index in [2.05, 4.69) is 0 Å². The molecule has 20 heteroatoms. The average Bonchev–Trinajstić information content (AvgIpc) is 2.99. The molecule has 252 valence electrons. The van der Waals surface area contributed by atoms with Gasteiger partial charge >= 0.3 is 0 Å². The molecule has 19 atom stereocenters. The second-order valence-corrected chi connectivity index (χ2v) is 10.7. The molecule has 0 aromatic rings. The van der Waals surface area contributed by atoms with Crippen LogP contribution < -0.4 is 0 Å². The minimum absolute atomic E-state index is 0.483. The summed E-state index contributed by atoms with van der Waals surface area (Å²) in [6.45, 7) is -3.02. The number of aliphatic hydroxyl groups excluding tert-OH is 13. The first-order chi connectivity index (χ1) is 20.3. The van der Waals surface area contributed by atoms with Crippen molar-refractivity contribution in [3.8, 4) is 0 Å². The molecule has 4 heterocycles. The predicted molar refractivity (Wildman–Crippen MR) is 128 cm³/mol. The molecule has 0 aromatic carbocycles. The van der Waals surface area contributed by atoms with Crippen molar-refractivity contribution in [2.24, 2.45) is 0 Å². The van der Waals surface area contributed by atoms with Crippen molar-refractivity contribution in [3.63, 3.8) is 0 Å². The van der Waals surface area contributed by atoms with Gasteiger partial charge in [-0.1, -0.05) is 0 Å². The lowest BCUT2D eigenvalue weighted by Crippen LogP contribution is -2.67. The van der Waals surface area contributed by atoms with Crippen LogP contribution in [0.5, 0.6) is 0 Å². The molecule has 13 N–H and O–H groups in total. The Labute approximate surface area is 243 Å². The van der Waals surface area contributed by atoms with Crippen molar-refractivity contribution in [3.05, 3.63) is 0 Å². The van der Waals surface area contributed by atoms with Crippen LogP contribution in [-0.4, -0.2) is 210 Å². The number of ether oxygens (including phenoxy) is 7. The predicted octanol–water partition coefficient (Wildman–Crippen LogP) is -9.11. The Morgan fingerprint density at radius 2 is 0.907 bits per heavy atom. The fraction of sp³-hybridized carbons (Fsp3) is 1.00. The SMILES string of the molecule is OC[C@H]1O[C@@H](O[C@H]2[C@H](O)[C@@H](O)[C@H](O[C@@H]3[C@H](O)[C@@H](O)C(O)O[C@@H]3CO)O[C@@H]2CO)[C@H](O[C@@H]2OC[C@@H](O)[C@H](O)[C@H]2O)[C@@H](O)[C@@H]1O. The van der Waals surface area contributed by atoms with Gasteiger partial charge in [0, 0.05) is 0 Å². The molecule has 4 aliphatic heterocycles. The van der Waals surface area contributed by atoms with Crippen LogP contribution in [0.3, 0.4) is 0 Å². The third-order valence-electron chi connectivity index (χ3n) is 7.81. The van der Waals surface area contributed by atoms with Gasteiger partial charge < -0.3 is 99.5 Å². The van der Waals surface area contributed by atoms with Crippen LogP contribution in [-0.2, 0) is 33.2 Å². The van der Waals surface area contributed by atoms with Crippen LogP contribution >= 0.6 is 0 Å². The second kappa shape index (κ2) is 14.7. The van der Waals surface area contributed by atoms with Gasteiger partial charge in [0.15, 0.2) is 25.2 Å². The average molecular weight is 637 g/mol. The van der Waals surface area contributed by atoms with Crippen molar-refractivity contribution in [2.75, 3.05) is 26.4 Å². The van der Waals surface area contributed by atoms with Crippen LogP contribution in [0, 0.1) is 0 Å². The molecule has 43 heavy (non-hydrogen) atoms. The number of hydrogen-bond donors (Lipinski definition) is 13. The lowest BCUT2D eigenvalue weighted by atomic mass is 9.96. The zero-order valence-electron chi connectivity index (χ0n) is 22.5. The van der Waals surface area contributed by atoms with Gasteiger partial charge in [0.2, 0.25) is 0 Å². The van der Waals surface area contributed by atoms with Gasteiger partial charge in [0.05, 0.1) is 26.4 Å². The van der Waals surface area contributed by atoms with Crippen molar-refractivity contribution < 1.29 is 99.5 Å². The second-order valence-electron chi connectivity index (χ2n) is 10.7. The Bertz CT molecular complexity index is 867. The van der Waals surface area contributed by atoms with E-state index in [-0.39, 0.29) is 0 Å². The zero-order chi connectivity index (χ0) is 31.7. The van der Waals surface area contributed by atoms with Crippen molar-refractivity contribution in [1.29, 1.82) is 0 Å². The van der Waals surface area contributed by atoms with E-state index < -0.39 is 143 Å². The fourth-order valence-electron chi connectivity index (χ4n) is 5.24. The number of hydrogen-bond acceptors (Lipinski definition) is 20. The fourth-order valence-corrected chi connectivity index (χ4v) is 5.24. The van der Waals surface area contributed by atoms with Crippen LogP contribution in [0.25, 0.3) is 0 Å². The van der Waals surface area contributed by atoms with Crippen LogP contribution in [0.1, 0.15) is 0 Å². The first-order valence-corrected chi connectivity index (χ1v) is 13.5. The largest absolute Gasteiger partial charge is 0.394 e. The highest BCUT2D eigenvalue weighted by Gasteiger charge is 2.54. The summed E-state index contributed by atoms with van der Waals surface area (Å²) in [5.41, 5.74) is 0. The number of rotatable bonds is 9. The summed E-state index contributed by atoms with van der Waals surface area (Å²) in [5.74, 6) is 0. The van der Waals surface area contributed by atoms with E-state index in [9.17, 15) is 66.4 Å². The van der Waals surface area contributed by atoms with Gasteiger partial charge in [0.25, 0.3) is 0 Å². The van der Waals surface area contributed by atoms with E-state index in [1.807, 2.05) is 0 Å². The summed E-state index contributed by atoms with van der Waals surface area (Å²) >= 11 is 0. The molecule has 4 fully saturated rings. The Hall–Kier alpha value is -0.800. The van der Waals surface area contributed by atoms with E-state index in [0.717, 1.165) is 0 Å². The monoisotopic (exact) mass is 636 g/mol. The molecule has 0 saturated carbocycles. The lowest BCUT2D eigenvalue weighted by molar-refractivity contribution is -0.391. The maximum atomic E-state index is 10.9. The molecule has 0 aromatic heterocycles. The molecule has 1 unspecified atom stereocenters. The van der Waals surface area contributed by atoms with Crippen molar-refractivity contribution in [1.82, 2.24) is 0 Å². The van der Waals surface area contributed by atoms with E-state index in [1.54, 1.807) is 0 Å². The van der Waals surface area contributed by atoms with Crippen molar-refractivity contribution in [2.45, 2.75) is 117 Å². The highest BCUT2D eigenvalue weighted by molar-refractivity contribution is 4.97. The zero-order valence-corrected chi connectivity index (χ0v) is 22.5. The first-order valence-electron chi connectivity index (χ1n) is 13.5. The van der Waals surface area contributed by atoms with Crippen LogP contribution in [0.4, 0.5) is 0 Å². The summed E-state index contributed by atoms with van der Waals surface area (Å²) in [6, 6.07) is 0. The molecule has 0 radical (unpaired) electrons. The Kier molecular flexibility index (Phi) is 12.0. The molecule has 20 nitrogen and oxygen atoms in total. The normalized spacial score (nSPS) is 53.1. The quantitative estimate of drug-likeness (QED) is 0.112. The molecule has 4 saturated heterocycles. The summed E-state index contributed by atoms with van der Waals surface area (Å²) in [5, 5.41) is 132. The Balaban J connectivity index is 1.51.